The molecule has 4 heteroatoms. The van der Waals surface area contributed by atoms with E-state index < -0.39 is 0 Å². The first-order valence-electron chi connectivity index (χ1n) is 10.9. The zero-order valence-corrected chi connectivity index (χ0v) is 18.8. The molecule has 0 aliphatic carbocycles. The van der Waals surface area contributed by atoms with Crippen LogP contribution >= 0.6 is 11.8 Å². The van der Waals surface area contributed by atoms with Crippen molar-refractivity contribution in [2.75, 3.05) is 6.26 Å². The number of carbonyl (C=O) groups is 1. The molecule has 158 valence electrons. The summed E-state index contributed by atoms with van der Waals surface area (Å²) in [5, 5.41) is 0.781. The molecule has 1 heterocycles. The molecule has 0 bridgehead atoms. The van der Waals surface area contributed by atoms with Crippen molar-refractivity contribution in [2.45, 2.75) is 58.4 Å². The lowest BCUT2D eigenvalue weighted by Gasteiger charge is -2.20. The molecule has 30 heavy (non-hydrogen) atoms. The highest BCUT2D eigenvalue weighted by Gasteiger charge is 2.19. The highest BCUT2D eigenvalue weighted by Crippen LogP contribution is 2.27. The van der Waals surface area contributed by atoms with Crippen LogP contribution in [-0.4, -0.2) is 15.9 Å². The Morgan fingerprint density at radius 2 is 1.57 bits per heavy atom. The van der Waals surface area contributed by atoms with E-state index in [1.165, 1.54) is 37.4 Å². The Bertz CT molecular complexity index is 1040. The van der Waals surface area contributed by atoms with Gasteiger partial charge in [-0.1, -0.05) is 93.3 Å². The fourth-order valence-electron chi connectivity index (χ4n) is 4.06. The van der Waals surface area contributed by atoms with Gasteiger partial charge in [-0.2, -0.15) is 0 Å². The lowest BCUT2D eigenvalue weighted by atomic mass is 9.96. The minimum atomic E-state index is 0.0608. The molecule has 0 N–H and O–H groups in total. The Morgan fingerprint density at radius 1 is 0.900 bits per heavy atom. The zero-order valence-electron chi connectivity index (χ0n) is 18.0. The molecule has 0 unspecified atom stereocenters. The van der Waals surface area contributed by atoms with Crippen LogP contribution in [0.2, 0.25) is 0 Å². The maximum atomic E-state index is 13.5. The number of nitrogens with zero attached hydrogens (tertiary/aromatic N) is 1. The van der Waals surface area contributed by atoms with Crippen LogP contribution in [0.1, 0.15) is 51.1 Å². The van der Waals surface area contributed by atoms with Gasteiger partial charge in [-0.3, -0.25) is 9.59 Å². The van der Waals surface area contributed by atoms with Crippen molar-refractivity contribution in [2.24, 2.45) is 0 Å². The molecule has 0 radical (unpaired) electrons. The van der Waals surface area contributed by atoms with E-state index in [9.17, 15) is 9.59 Å². The first kappa shape index (κ1) is 22.4. The Labute approximate surface area is 183 Å². The van der Waals surface area contributed by atoms with Crippen LogP contribution in [0.4, 0.5) is 0 Å². The average Bonchev–Trinajstić information content (AvgIpc) is 2.79. The van der Waals surface area contributed by atoms with E-state index in [4.69, 9.17) is 0 Å². The largest absolute Gasteiger partial charge is 0.335 e. The Balaban J connectivity index is 2.11. The Morgan fingerprint density at radius 3 is 2.30 bits per heavy atom. The summed E-state index contributed by atoms with van der Waals surface area (Å²) in [5.41, 5.74) is 3.58. The molecule has 0 spiro atoms. The number of rotatable bonds is 10. The zero-order chi connectivity index (χ0) is 21.3. The monoisotopic (exact) mass is 421 g/mol. The number of para-hydroxylation sites is 1. The molecule has 2 aromatic carbocycles. The molecule has 0 saturated heterocycles. The summed E-state index contributed by atoms with van der Waals surface area (Å²) in [6, 6.07) is 17.6. The van der Waals surface area contributed by atoms with Crippen molar-refractivity contribution >= 4 is 27.8 Å². The Hall–Kier alpha value is -2.33. The quantitative estimate of drug-likeness (QED) is 0.353. The maximum absolute atomic E-state index is 13.5. The van der Waals surface area contributed by atoms with Gasteiger partial charge in [-0.05, 0) is 36.8 Å². The van der Waals surface area contributed by atoms with Crippen molar-refractivity contribution in [1.82, 2.24) is 4.57 Å². The van der Waals surface area contributed by atoms with Crippen LogP contribution < -0.4 is 5.43 Å². The molecule has 3 nitrogen and oxygen atoms in total. The van der Waals surface area contributed by atoms with Gasteiger partial charge in [-0.15, -0.1) is 0 Å². The lowest BCUT2D eigenvalue weighted by Crippen LogP contribution is -2.21. The van der Waals surface area contributed by atoms with E-state index in [2.05, 4.69) is 11.5 Å². The fourth-order valence-corrected chi connectivity index (χ4v) is 4.31. The second-order valence-corrected chi connectivity index (χ2v) is 8.58. The van der Waals surface area contributed by atoms with E-state index >= 15 is 0 Å². The van der Waals surface area contributed by atoms with Crippen LogP contribution in [0.25, 0.3) is 22.0 Å². The smallest absolute Gasteiger partial charge is 0.208 e. The predicted molar refractivity (Wildman–Crippen MR) is 129 cm³/mol. The molecular weight excluding hydrogens is 390 g/mol. The molecule has 0 saturated carbocycles. The van der Waals surface area contributed by atoms with E-state index in [1.807, 2.05) is 60.9 Å². The molecule has 0 amide bonds. The standard InChI is InChI=1S/C26H31NO2S/c1-3-4-5-6-7-11-18-23-25(20-14-9-8-10-15-20)26(29)21-16-12-13-17-22(21)27(23)19-24(28)30-2/h8-10,12-17H,3-7,11,18-19H2,1-2H3. The van der Waals surface area contributed by atoms with Crippen LogP contribution in [0.3, 0.4) is 0 Å². The van der Waals surface area contributed by atoms with Gasteiger partial charge < -0.3 is 4.57 Å². The number of thioether (sulfide) groups is 1. The summed E-state index contributed by atoms with van der Waals surface area (Å²) in [5.74, 6) is 0. The molecule has 1 aromatic heterocycles. The number of carbonyl (C=O) groups excluding carboxylic acids is 1. The predicted octanol–water partition coefficient (Wildman–Crippen LogP) is 6.46. The van der Waals surface area contributed by atoms with Gasteiger partial charge in [0.2, 0.25) is 5.12 Å². The molecule has 0 aliphatic rings. The molecule has 0 atom stereocenters. The summed E-state index contributed by atoms with van der Waals surface area (Å²) in [7, 11) is 0. The highest BCUT2D eigenvalue weighted by molar-refractivity contribution is 8.13. The normalized spacial score (nSPS) is 11.1. The van der Waals surface area contributed by atoms with Crippen LogP contribution in [0.15, 0.2) is 59.4 Å². The van der Waals surface area contributed by atoms with Crippen molar-refractivity contribution in [3.8, 4) is 11.1 Å². The maximum Gasteiger partial charge on any atom is 0.208 e. The van der Waals surface area contributed by atoms with E-state index in [0.29, 0.717) is 5.39 Å². The third-order valence-electron chi connectivity index (χ3n) is 5.63. The summed E-state index contributed by atoms with van der Waals surface area (Å²) in [6.45, 7) is 2.51. The number of pyridine rings is 1. The second-order valence-electron chi connectivity index (χ2n) is 7.71. The van der Waals surface area contributed by atoms with Gasteiger partial charge in [0.25, 0.3) is 0 Å². The average molecular weight is 422 g/mol. The third kappa shape index (κ3) is 5.23. The summed E-state index contributed by atoms with van der Waals surface area (Å²) < 4.78 is 2.09. The van der Waals surface area contributed by atoms with Crippen molar-refractivity contribution in [3.63, 3.8) is 0 Å². The van der Waals surface area contributed by atoms with Gasteiger partial charge >= 0.3 is 0 Å². The lowest BCUT2D eigenvalue weighted by molar-refractivity contribution is -0.111. The van der Waals surface area contributed by atoms with Crippen LogP contribution in [0, 0.1) is 0 Å². The van der Waals surface area contributed by atoms with Crippen LogP contribution in [-0.2, 0) is 17.8 Å². The minimum absolute atomic E-state index is 0.0608. The van der Waals surface area contributed by atoms with Crippen LogP contribution in [0.5, 0.6) is 0 Å². The number of hydrogen-bond acceptors (Lipinski definition) is 3. The van der Waals surface area contributed by atoms with E-state index in [0.717, 1.165) is 41.6 Å². The van der Waals surface area contributed by atoms with Gasteiger partial charge in [0.1, 0.15) is 0 Å². The van der Waals surface area contributed by atoms with Gasteiger partial charge in [0, 0.05) is 16.6 Å². The number of unbranched alkanes of at least 4 members (excludes halogenated alkanes) is 5. The minimum Gasteiger partial charge on any atom is -0.335 e. The molecule has 3 aromatic rings. The first-order chi connectivity index (χ1) is 14.7. The Kier molecular flexibility index (Phi) is 8.32. The van der Waals surface area contributed by atoms with Crippen molar-refractivity contribution in [1.29, 1.82) is 0 Å². The number of fused-ring (bicyclic) bond motifs is 1. The fraction of sp³-hybridized carbons (Fsp3) is 0.385. The number of aromatic nitrogens is 1. The molecule has 0 aliphatic heterocycles. The topological polar surface area (TPSA) is 39.1 Å². The summed E-state index contributed by atoms with van der Waals surface area (Å²) >= 11 is 1.24. The van der Waals surface area contributed by atoms with Crippen molar-refractivity contribution < 1.29 is 4.79 Å². The van der Waals surface area contributed by atoms with E-state index in [1.54, 1.807) is 0 Å². The SMILES string of the molecule is CCCCCCCCc1c(-c2ccccc2)c(=O)c2ccccc2n1CC(=O)SC. The van der Waals surface area contributed by atoms with Gasteiger partial charge in [0.05, 0.1) is 12.1 Å². The molecule has 3 rings (SSSR count). The summed E-state index contributed by atoms with van der Waals surface area (Å²) in [4.78, 5) is 25.9. The number of hydrogen-bond donors (Lipinski definition) is 0. The van der Waals surface area contributed by atoms with E-state index in [-0.39, 0.29) is 17.1 Å². The first-order valence-corrected chi connectivity index (χ1v) is 12.2. The third-order valence-corrected chi connectivity index (χ3v) is 6.21. The van der Waals surface area contributed by atoms with Crippen molar-refractivity contribution in [3.05, 3.63) is 70.5 Å². The summed E-state index contributed by atoms with van der Waals surface area (Å²) in [6.07, 6.45) is 9.78. The highest BCUT2D eigenvalue weighted by atomic mass is 32.2. The molecule has 0 fully saturated rings. The van der Waals surface area contributed by atoms with Gasteiger partial charge in [-0.25, -0.2) is 0 Å². The number of benzene rings is 2. The second kappa shape index (κ2) is 11.2. The molecular formula is C26H31NO2S. The van der Waals surface area contributed by atoms with Gasteiger partial charge in [0.15, 0.2) is 5.43 Å².